The number of esters is 1. The van der Waals surface area contributed by atoms with Crippen molar-refractivity contribution in [2.24, 2.45) is 24.9 Å². The van der Waals surface area contributed by atoms with Crippen LogP contribution in [0.5, 0.6) is 0 Å². The molecule has 2 aromatic heterocycles. The third-order valence-corrected chi connectivity index (χ3v) is 13.7. The Balaban J connectivity index is 0.000000148. The highest BCUT2D eigenvalue weighted by atomic mass is 16.5. The van der Waals surface area contributed by atoms with Gasteiger partial charge in [0.05, 0.1) is 18.2 Å². The van der Waals surface area contributed by atoms with Crippen LogP contribution < -0.4 is 20.9 Å². The predicted octanol–water partition coefficient (Wildman–Crippen LogP) is 7.49. The van der Waals surface area contributed by atoms with Crippen molar-refractivity contribution in [2.45, 2.75) is 64.2 Å². The van der Waals surface area contributed by atoms with Crippen LogP contribution in [0.25, 0.3) is 34.4 Å². The first-order valence-corrected chi connectivity index (χ1v) is 20.4. The molecule has 2 saturated heterocycles. The summed E-state index contributed by atoms with van der Waals surface area (Å²) in [6.45, 7) is 4.08. The number of rotatable bonds is 6. The molecule has 10 heteroatoms. The van der Waals surface area contributed by atoms with E-state index in [1.54, 1.807) is 35.4 Å². The smallest absolute Gasteiger partial charge is 0.337 e. The number of hydrogen-bond donors (Lipinski definition) is 1. The molecule has 0 radical (unpaired) electrons. The van der Waals surface area contributed by atoms with Gasteiger partial charge in [-0.1, -0.05) is 24.3 Å². The molecular weight excluding hydrogens is 717 g/mol. The Morgan fingerprint density at radius 2 is 1.04 bits per heavy atom. The fourth-order valence-electron chi connectivity index (χ4n) is 9.65. The summed E-state index contributed by atoms with van der Waals surface area (Å²) in [5.41, 5.74) is 11.7. The number of hydrogen-bond acceptors (Lipinski definition) is 7. The highest BCUT2D eigenvalue weighted by Gasteiger charge is 2.45. The number of methoxy groups -OCH3 is 1. The van der Waals surface area contributed by atoms with Gasteiger partial charge in [-0.15, -0.1) is 0 Å². The van der Waals surface area contributed by atoms with Gasteiger partial charge in [0, 0.05) is 97.4 Å². The fraction of sp³-hybridized carbons (Fsp3) is 0.404. The molecule has 6 aliphatic rings. The number of nitrogens with zero attached hydrogens (tertiary/aromatic N) is 4. The van der Waals surface area contributed by atoms with E-state index in [4.69, 9.17) is 4.74 Å². The van der Waals surface area contributed by atoms with Gasteiger partial charge in [0.15, 0.2) is 0 Å². The number of anilines is 2. The van der Waals surface area contributed by atoms with Crippen LogP contribution in [0.15, 0.2) is 70.5 Å². The molecule has 294 valence electrons. The number of aromatic nitrogens is 2. The van der Waals surface area contributed by atoms with Gasteiger partial charge in [0.2, 0.25) is 0 Å². The molecule has 0 unspecified atom stereocenters. The molecule has 4 aliphatic carbocycles. The molecule has 57 heavy (non-hydrogen) atoms. The lowest BCUT2D eigenvalue weighted by atomic mass is 9.91. The topological polar surface area (TPSA) is 114 Å². The van der Waals surface area contributed by atoms with Gasteiger partial charge in [0.1, 0.15) is 0 Å². The van der Waals surface area contributed by atoms with Crippen LogP contribution in [0, 0.1) is 10.8 Å². The van der Waals surface area contributed by atoms with Crippen molar-refractivity contribution in [1.82, 2.24) is 9.13 Å². The lowest BCUT2D eigenvalue weighted by Crippen LogP contribution is -2.34. The van der Waals surface area contributed by atoms with E-state index in [-0.39, 0.29) is 22.7 Å². The van der Waals surface area contributed by atoms with Crippen LogP contribution in [0.3, 0.4) is 0 Å². The van der Waals surface area contributed by atoms with Gasteiger partial charge in [-0.05, 0) is 123 Å². The Hall–Kier alpha value is -5.64. The molecule has 0 bridgehead atoms. The summed E-state index contributed by atoms with van der Waals surface area (Å²) in [7, 11) is 4.97. The number of carbonyl (C=O) groups is 2. The number of allylic oxidation sites excluding steroid dienone is 2. The quantitative estimate of drug-likeness (QED) is 0.201. The minimum absolute atomic E-state index is 0.0216. The summed E-state index contributed by atoms with van der Waals surface area (Å²) in [6.07, 6.45) is 23.5. The third kappa shape index (κ3) is 6.72. The van der Waals surface area contributed by atoms with Gasteiger partial charge >= 0.3 is 11.9 Å². The monoisotopic (exact) mass is 766 g/mol. The average molecular weight is 767 g/mol. The number of carboxylic acid groups (broad SMARTS) is 1. The van der Waals surface area contributed by atoms with Crippen LogP contribution in [0.1, 0.15) is 94.3 Å². The molecule has 4 aromatic rings. The maximum absolute atomic E-state index is 12.6. The van der Waals surface area contributed by atoms with E-state index in [1.165, 1.54) is 58.5 Å². The van der Waals surface area contributed by atoms with E-state index in [0.717, 1.165) is 82.1 Å². The highest BCUT2D eigenvalue weighted by molar-refractivity contribution is 5.96. The summed E-state index contributed by atoms with van der Waals surface area (Å²) < 4.78 is 8.24. The molecule has 4 fully saturated rings. The van der Waals surface area contributed by atoms with Gasteiger partial charge in [0.25, 0.3) is 11.1 Å². The van der Waals surface area contributed by atoms with E-state index in [9.17, 15) is 24.3 Å². The fourth-order valence-corrected chi connectivity index (χ4v) is 9.65. The van der Waals surface area contributed by atoms with Crippen LogP contribution in [0.2, 0.25) is 0 Å². The summed E-state index contributed by atoms with van der Waals surface area (Å²) >= 11 is 0. The molecule has 2 aliphatic heterocycles. The molecule has 2 aromatic carbocycles. The minimum atomic E-state index is -0.930. The molecule has 0 amide bonds. The summed E-state index contributed by atoms with van der Waals surface area (Å²) in [4.78, 5) is 53.8. The summed E-state index contributed by atoms with van der Waals surface area (Å²) in [5, 5.41) is 9.54. The van der Waals surface area contributed by atoms with Gasteiger partial charge in [-0.2, -0.15) is 0 Å². The molecule has 4 heterocycles. The van der Waals surface area contributed by atoms with Crippen molar-refractivity contribution in [3.8, 4) is 22.3 Å². The Morgan fingerprint density at radius 3 is 1.44 bits per heavy atom. The number of aromatic carboxylic acids is 1. The van der Waals surface area contributed by atoms with Crippen molar-refractivity contribution in [2.75, 3.05) is 43.1 Å². The first-order valence-electron chi connectivity index (χ1n) is 20.4. The largest absolute Gasteiger partial charge is 0.478 e. The zero-order chi connectivity index (χ0) is 39.6. The standard InChI is InChI=1S/C24H26N2O3.C23H24N2O3/c1-25-15-20(17-4-3-5-18(17)22(25)27)19-14-16(23(28)29-2)6-7-21(19)26-12-10-24(8-9-24)11-13-26;1-24-14-19(16-3-2-4-17(16)21(24)26)18-13-15(22(27)28)5-6-20(18)25-11-9-23(7-8-23)10-12-25/h3-4,6-7,14-15H,5,8-13H2,1-2H3;2-3,5-6,13-14H,4,7-12H2,1H3,(H,27,28). The third-order valence-electron chi connectivity index (χ3n) is 13.7. The predicted molar refractivity (Wildman–Crippen MR) is 224 cm³/mol. The van der Waals surface area contributed by atoms with E-state index in [2.05, 4.69) is 9.80 Å². The van der Waals surface area contributed by atoms with Crippen LogP contribution in [-0.4, -0.2) is 59.5 Å². The van der Waals surface area contributed by atoms with Crippen molar-refractivity contribution in [1.29, 1.82) is 0 Å². The van der Waals surface area contributed by atoms with Gasteiger partial charge in [-0.3, -0.25) is 9.59 Å². The number of pyridine rings is 2. The second kappa shape index (κ2) is 14.1. The SMILES string of the molecule is COC(=O)c1ccc(N2CCC3(CC2)CC3)c(-c2cn(C)c(=O)c3c2C=CC3)c1.Cn1cc(-c2cc(C(=O)O)ccc2N2CCC3(CC2)CC3)c2c(c1=O)CC=C2. The Kier molecular flexibility index (Phi) is 9.13. The Morgan fingerprint density at radius 1 is 0.614 bits per heavy atom. The van der Waals surface area contributed by atoms with E-state index >= 15 is 0 Å². The van der Waals surface area contributed by atoms with Crippen LogP contribution in [-0.2, 0) is 31.7 Å². The lowest BCUT2D eigenvalue weighted by molar-refractivity contribution is 0.0600. The number of fused-ring (bicyclic) bond motifs is 2. The molecule has 0 atom stereocenters. The molecule has 1 N–H and O–H groups in total. The minimum Gasteiger partial charge on any atom is -0.478 e. The Bertz CT molecular complexity index is 2500. The zero-order valence-electron chi connectivity index (χ0n) is 33.1. The molecule has 2 saturated carbocycles. The average Bonchev–Trinajstić information content (AvgIpc) is 4.01. The molecule has 2 spiro atoms. The normalized spacial score (nSPS) is 18.9. The summed E-state index contributed by atoms with van der Waals surface area (Å²) in [5.74, 6) is -1.27. The van der Waals surface area contributed by atoms with E-state index in [0.29, 0.717) is 29.2 Å². The number of piperidine rings is 2. The van der Waals surface area contributed by atoms with E-state index in [1.807, 2.05) is 61.0 Å². The lowest BCUT2D eigenvalue weighted by Gasteiger charge is -2.35. The number of benzene rings is 2. The maximum atomic E-state index is 12.6. The number of ether oxygens (including phenoxy) is 1. The molecule has 10 rings (SSSR count). The first-order chi connectivity index (χ1) is 27.5. The maximum Gasteiger partial charge on any atom is 0.337 e. The molecule has 10 nitrogen and oxygen atoms in total. The Labute approximate surface area is 332 Å². The highest BCUT2D eigenvalue weighted by Crippen LogP contribution is 2.55. The first kappa shape index (κ1) is 37.0. The van der Waals surface area contributed by atoms with Crippen LogP contribution in [0.4, 0.5) is 11.4 Å². The van der Waals surface area contributed by atoms with Crippen molar-refractivity contribution in [3.05, 3.63) is 115 Å². The number of carbonyl (C=O) groups excluding carboxylic acids is 1. The van der Waals surface area contributed by atoms with Gasteiger partial charge < -0.3 is 28.8 Å². The van der Waals surface area contributed by atoms with Crippen molar-refractivity contribution >= 4 is 35.5 Å². The zero-order valence-corrected chi connectivity index (χ0v) is 33.1. The van der Waals surface area contributed by atoms with Crippen molar-refractivity contribution in [3.63, 3.8) is 0 Å². The number of aryl methyl sites for hydroxylation is 2. The number of carboxylic acids is 1. The summed E-state index contributed by atoms with van der Waals surface area (Å²) in [6, 6.07) is 11.2. The van der Waals surface area contributed by atoms with Crippen molar-refractivity contribution < 1.29 is 19.4 Å². The second-order valence-corrected chi connectivity index (χ2v) is 17.1. The molecular formula is C47H50N4O6. The van der Waals surface area contributed by atoms with E-state index < -0.39 is 5.97 Å². The van der Waals surface area contributed by atoms with Gasteiger partial charge in [-0.25, -0.2) is 9.59 Å². The van der Waals surface area contributed by atoms with Crippen LogP contribution >= 0.6 is 0 Å². The second-order valence-electron chi connectivity index (χ2n) is 17.1.